The molecule has 0 spiro atoms. The van der Waals surface area contributed by atoms with E-state index in [1.807, 2.05) is 42.6 Å². The highest BCUT2D eigenvalue weighted by atomic mass is 16.3. The highest BCUT2D eigenvalue weighted by Gasteiger charge is 2.12. The number of hydrogen-bond donors (Lipinski definition) is 1. The van der Waals surface area contributed by atoms with Gasteiger partial charge < -0.3 is 4.42 Å². The predicted molar refractivity (Wildman–Crippen MR) is 80.8 cm³/mol. The van der Waals surface area contributed by atoms with Crippen LogP contribution >= 0.6 is 0 Å². The third-order valence-corrected chi connectivity index (χ3v) is 3.56. The molecule has 4 aromatic rings. The minimum absolute atomic E-state index is 0.758. The standard InChI is InChI=1S/C17H13N3O/c1-2-4-12(5-3-1)8-16-17(21-11-18-16)13-6-7-14-10-19-20-15(14)9-13/h1-7,9-11H,8H2,(H,19,20). The number of fused-ring (bicyclic) bond motifs is 1. The van der Waals surface area contributed by atoms with Crippen molar-refractivity contribution in [3.05, 3.63) is 72.4 Å². The van der Waals surface area contributed by atoms with Crippen LogP contribution in [0.4, 0.5) is 0 Å². The van der Waals surface area contributed by atoms with Gasteiger partial charge >= 0.3 is 0 Å². The summed E-state index contributed by atoms with van der Waals surface area (Å²) < 4.78 is 5.60. The van der Waals surface area contributed by atoms with Gasteiger partial charge in [-0.15, -0.1) is 0 Å². The summed E-state index contributed by atoms with van der Waals surface area (Å²) in [5.74, 6) is 0.815. The highest BCUT2D eigenvalue weighted by Crippen LogP contribution is 2.27. The van der Waals surface area contributed by atoms with Crippen LogP contribution in [0.2, 0.25) is 0 Å². The number of rotatable bonds is 3. The molecule has 4 nitrogen and oxygen atoms in total. The SMILES string of the molecule is c1ccc(Cc2ncoc2-c2ccc3cn[nH]c3c2)cc1. The lowest BCUT2D eigenvalue weighted by molar-refractivity contribution is 0.571. The van der Waals surface area contributed by atoms with Crippen molar-refractivity contribution in [1.82, 2.24) is 15.2 Å². The Labute approximate surface area is 121 Å². The molecule has 4 rings (SSSR count). The Morgan fingerprint density at radius 2 is 1.95 bits per heavy atom. The molecule has 1 N–H and O–H groups in total. The lowest BCUT2D eigenvalue weighted by atomic mass is 10.0. The van der Waals surface area contributed by atoms with E-state index in [-0.39, 0.29) is 0 Å². The molecule has 0 amide bonds. The molecule has 0 atom stereocenters. The Morgan fingerprint density at radius 1 is 1.05 bits per heavy atom. The monoisotopic (exact) mass is 275 g/mol. The molecule has 0 fully saturated rings. The van der Waals surface area contributed by atoms with Crippen LogP contribution in [-0.4, -0.2) is 15.2 Å². The molecular weight excluding hydrogens is 262 g/mol. The average Bonchev–Trinajstić information content (AvgIpc) is 3.16. The third-order valence-electron chi connectivity index (χ3n) is 3.56. The van der Waals surface area contributed by atoms with Crippen molar-refractivity contribution in [3.8, 4) is 11.3 Å². The van der Waals surface area contributed by atoms with Crippen LogP contribution in [0.1, 0.15) is 11.3 Å². The number of nitrogens with zero attached hydrogens (tertiary/aromatic N) is 2. The van der Waals surface area contributed by atoms with E-state index in [2.05, 4.69) is 27.3 Å². The number of benzene rings is 2. The highest BCUT2D eigenvalue weighted by molar-refractivity contribution is 5.83. The first kappa shape index (κ1) is 11.9. The van der Waals surface area contributed by atoms with Crippen LogP contribution in [0, 0.1) is 0 Å². The zero-order valence-corrected chi connectivity index (χ0v) is 11.3. The molecule has 0 saturated carbocycles. The molecular formula is C17H13N3O. The van der Waals surface area contributed by atoms with E-state index in [1.54, 1.807) is 0 Å². The van der Waals surface area contributed by atoms with E-state index in [0.717, 1.165) is 34.3 Å². The second kappa shape index (κ2) is 4.90. The smallest absolute Gasteiger partial charge is 0.181 e. The number of aromatic nitrogens is 3. The van der Waals surface area contributed by atoms with E-state index in [9.17, 15) is 0 Å². The second-order valence-electron chi connectivity index (χ2n) is 4.96. The first-order valence-corrected chi connectivity index (χ1v) is 6.80. The lowest BCUT2D eigenvalue weighted by Crippen LogP contribution is -1.90. The van der Waals surface area contributed by atoms with Gasteiger partial charge in [-0.25, -0.2) is 4.98 Å². The van der Waals surface area contributed by atoms with E-state index >= 15 is 0 Å². The largest absolute Gasteiger partial charge is 0.443 e. The number of H-pyrrole nitrogens is 1. The summed E-state index contributed by atoms with van der Waals surface area (Å²) >= 11 is 0. The molecule has 2 heterocycles. The summed E-state index contributed by atoms with van der Waals surface area (Å²) in [5, 5.41) is 8.11. The quantitative estimate of drug-likeness (QED) is 0.618. The molecule has 2 aromatic heterocycles. The maximum Gasteiger partial charge on any atom is 0.181 e. The normalized spacial score (nSPS) is 11.0. The maximum absolute atomic E-state index is 5.60. The molecule has 0 saturated heterocycles. The van der Waals surface area contributed by atoms with Crippen molar-refractivity contribution in [3.63, 3.8) is 0 Å². The van der Waals surface area contributed by atoms with Gasteiger partial charge in [-0.2, -0.15) is 5.10 Å². The minimum Gasteiger partial charge on any atom is -0.443 e. The van der Waals surface area contributed by atoms with Crippen molar-refractivity contribution >= 4 is 10.9 Å². The molecule has 0 aliphatic heterocycles. The minimum atomic E-state index is 0.758. The summed E-state index contributed by atoms with van der Waals surface area (Å²) in [6.07, 6.45) is 4.07. The number of oxazole rings is 1. The van der Waals surface area contributed by atoms with E-state index in [1.165, 1.54) is 12.0 Å². The van der Waals surface area contributed by atoms with E-state index < -0.39 is 0 Å². The molecule has 21 heavy (non-hydrogen) atoms. The van der Waals surface area contributed by atoms with Crippen LogP contribution in [-0.2, 0) is 6.42 Å². The van der Waals surface area contributed by atoms with Gasteiger partial charge in [0, 0.05) is 17.4 Å². The van der Waals surface area contributed by atoms with Crippen molar-refractivity contribution in [2.24, 2.45) is 0 Å². The fraction of sp³-hybridized carbons (Fsp3) is 0.0588. The van der Waals surface area contributed by atoms with Crippen molar-refractivity contribution < 1.29 is 4.42 Å². The summed E-state index contributed by atoms with van der Waals surface area (Å²) in [7, 11) is 0. The fourth-order valence-electron chi connectivity index (χ4n) is 2.50. The fourth-order valence-corrected chi connectivity index (χ4v) is 2.50. The van der Waals surface area contributed by atoms with Crippen molar-refractivity contribution in [1.29, 1.82) is 0 Å². The van der Waals surface area contributed by atoms with Crippen molar-refractivity contribution in [2.75, 3.05) is 0 Å². The zero-order chi connectivity index (χ0) is 14.1. The van der Waals surface area contributed by atoms with Gasteiger partial charge in [0.25, 0.3) is 0 Å². The Bertz CT molecular complexity index is 877. The van der Waals surface area contributed by atoms with Crippen LogP contribution in [0.3, 0.4) is 0 Å². The topological polar surface area (TPSA) is 54.7 Å². The number of nitrogens with one attached hydrogen (secondary N) is 1. The zero-order valence-electron chi connectivity index (χ0n) is 11.3. The predicted octanol–water partition coefficient (Wildman–Crippen LogP) is 3.81. The van der Waals surface area contributed by atoms with Gasteiger partial charge in [-0.1, -0.05) is 42.5 Å². The first-order valence-electron chi connectivity index (χ1n) is 6.80. The molecule has 0 aliphatic rings. The second-order valence-corrected chi connectivity index (χ2v) is 4.96. The molecule has 102 valence electrons. The summed E-state index contributed by atoms with van der Waals surface area (Å²) in [6.45, 7) is 0. The first-order chi connectivity index (χ1) is 10.4. The summed E-state index contributed by atoms with van der Waals surface area (Å²) in [4.78, 5) is 4.36. The Kier molecular flexibility index (Phi) is 2.78. The molecule has 4 heteroatoms. The van der Waals surface area contributed by atoms with Crippen LogP contribution in [0.5, 0.6) is 0 Å². The molecule has 0 radical (unpaired) electrons. The Hall–Kier alpha value is -2.88. The molecule has 2 aromatic carbocycles. The van der Waals surface area contributed by atoms with Gasteiger partial charge in [-0.3, -0.25) is 5.10 Å². The molecule has 0 unspecified atom stereocenters. The van der Waals surface area contributed by atoms with Gasteiger partial charge in [0.05, 0.1) is 17.4 Å². The Balaban J connectivity index is 1.74. The summed E-state index contributed by atoms with van der Waals surface area (Å²) in [6, 6.07) is 16.4. The van der Waals surface area contributed by atoms with Gasteiger partial charge in [0.15, 0.2) is 12.2 Å². The van der Waals surface area contributed by atoms with Crippen LogP contribution in [0.15, 0.2) is 65.5 Å². The lowest BCUT2D eigenvalue weighted by Gasteiger charge is -2.02. The van der Waals surface area contributed by atoms with Crippen LogP contribution < -0.4 is 0 Å². The van der Waals surface area contributed by atoms with Gasteiger partial charge in [0.1, 0.15) is 0 Å². The van der Waals surface area contributed by atoms with E-state index in [4.69, 9.17) is 4.42 Å². The maximum atomic E-state index is 5.60. The van der Waals surface area contributed by atoms with Gasteiger partial charge in [-0.05, 0) is 11.6 Å². The van der Waals surface area contributed by atoms with E-state index in [0.29, 0.717) is 0 Å². The molecule has 0 bridgehead atoms. The summed E-state index contributed by atoms with van der Waals surface area (Å²) in [5.41, 5.74) is 4.17. The average molecular weight is 275 g/mol. The van der Waals surface area contributed by atoms with Gasteiger partial charge in [0.2, 0.25) is 0 Å². The van der Waals surface area contributed by atoms with Crippen molar-refractivity contribution in [2.45, 2.75) is 6.42 Å². The number of aromatic amines is 1. The third kappa shape index (κ3) is 2.21. The molecule has 0 aliphatic carbocycles. The Morgan fingerprint density at radius 3 is 2.86 bits per heavy atom. The van der Waals surface area contributed by atoms with Crippen LogP contribution in [0.25, 0.3) is 22.2 Å². The number of hydrogen-bond acceptors (Lipinski definition) is 3.